The van der Waals surface area contributed by atoms with Crippen LogP contribution in [0.3, 0.4) is 0 Å². The maximum absolute atomic E-state index is 10.8. The standard InChI is InChI=1S/C12H15N3O2/c1-7(2)11-14-10-8(6-9(16)17)4-5-13-12(10)15(11)3/h4-5,7H,6H2,1-3H3,(H,16,17). The van der Waals surface area contributed by atoms with Crippen molar-refractivity contribution in [2.24, 2.45) is 7.05 Å². The molecule has 90 valence electrons. The lowest BCUT2D eigenvalue weighted by atomic mass is 10.2. The van der Waals surface area contributed by atoms with Gasteiger partial charge in [0.2, 0.25) is 0 Å². The van der Waals surface area contributed by atoms with Crippen LogP contribution in [0.4, 0.5) is 0 Å². The zero-order valence-electron chi connectivity index (χ0n) is 10.1. The number of imidazole rings is 1. The average Bonchev–Trinajstić information content (AvgIpc) is 2.57. The molecule has 1 N–H and O–H groups in total. The predicted octanol–water partition coefficient (Wildman–Crippen LogP) is 1.72. The third-order valence-electron chi connectivity index (χ3n) is 2.73. The highest BCUT2D eigenvalue weighted by atomic mass is 16.4. The van der Waals surface area contributed by atoms with Crippen molar-refractivity contribution in [3.63, 3.8) is 0 Å². The first-order valence-electron chi connectivity index (χ1n) is 5.52. The molecule has 0 saturated carbocycles. The van der Waals surface area contributed by atoms with Crippen molar-refractivity contribution in [1.82, 2.24) is 14.5 Å². The van der Waals surface area contributed by atoms with E-state index in [1.54, 1.807) is 12.3 Å². The SMILES string of the molecule is CC(C)c1nc2c(CC(=O)O)ccnc2n1C. The normalized spacial score (nSPS) is 11.3. The minimum atomic E-state index is -0.853. The van der Waals surface area contributed by atoms with Gasteiger partial charge in [-0.25, -0.2) is 9.97 Å². The summed E-state index contributed by atoms with van der Waals surface area (Å²) in [6.07, 6.45) is 1.61. The maximum Gasteiger partial charge on any atom is 0.307 e. The minimum absolute atomic E-state index is 0.0203. The van der Waals surface area contributed by atoms with Crippen LogP contribution in [0.25, 0.3) is 11.2 Å². The second-order valence-electron chi connectivity index (χ2n) is 4.40. The lowest BCUT2D eigenvalue weighted by molar-refractivity contribution is -0.136. The van der Waals surface area contributed by atoms with Crippen LogP contribution in [0.15, 0.2) is 12.3 Å². The summed E-state index contributed by atoms with van der Waals surface area (Å²) in [6.45, 7) is 4.11. The molecule has 5 heteroatoms. The lowest BCUT2D eigenvalue weighted by Gasteiger charge is -2.03. The second kappa shape index (κ2) is 4.16. The lowest BCUT2D eigenvalue weighted by Crippen LogP contribution is -2.01. The smallest absolute Gasteiger partial charge is 0.307 e. The molecule has 0 saturated heterocycles. The Kier molecular flexibility index (Phi) is 2.83. The van der Waals surface area contributed by atoms with E-state index in [0.29, 0.717) is 11.1 Å². The first kappa shape index (κ1) is 11.6. The van der Waals surface area contributed by atoms with Gasteiger partial charge in [0.05, 0.1) is 6.42 Å². The molecule has 0 radical (unpaired) electrons. The van der Waals surface area contributed by atoms with E-state index in [1.807, 2.05) is 11.6 Å². The van der Waals surface area contributed by atoms with E-state index in [9.17, 15) is 4.79 Å². The summed E-state index contributed by atoms with van der Waals surface area (Å²) in [5.74, 6) is 0.353. The van der Waals surface area contributed by atoms with Gasteiger partial charge in [-0.05, 0) is 11.6 Å². The molecule has 0 aliphatic carbocycles. The molecule has 2 rings (SSSR count). The summed E-state index contributed by atoms with van der Waals surface area (Å²) in [6, 6.07) is 1.72. The number of carboxylic acids is 1. The molecular formula is C12H15N3O2. The molecule has 0 aliphatic rings. The van der Waals surface area contributed by atoms with E-state index in [1.165, 1.54) is 0 Å². The molecule has 0 aromatic carbocycles. The van der Waals surface area contributed by atoms with Crippen molar-refractivity contribution in [1.29, 1.82) is 0 Å². The number of aliphatic carboxylic acids is 1. The quantitative estimate of drug-likeness (QED) is 0.876. The van der Waals surface area contributed by atoms with E-state index >= 15 is 0 Å². The van der Waals surface area contributed by atoms with Crippen molar-refractivity contribution in [2.75, 3.05) is 0 Å². The molecule has 0 fully saturated rings. The highest BCUT2D eigenvalue weighted by Gasteiger charge is 2.15. The molecule has 2 aromatic rings. The van der Waals surface area contributed by atoms with Crippen molar-refractivity contribution in [2.45, 2.75) is 26.2 Å². The molecule has 0 aliphatic heterocycles. The van der Waals surface area contributed by atoms with E-state index in [4.69, 9.17) is 5.11 Å². The summed E-state index contributed by atoms with van der Waals surface area (Å²) >= 11 is 0. The molecule has 0 atom stereocenters. The van der Waals surface area contributed by atoms with Gasteiger partial charge in [0.15, 0.2) is 5.65 Å². The third-order valence-corrected chi connectivity index (χ3v) is 2.73. The molecule has 17 heavy (non-hydrogen) atoms. The Labute approximate surface area is 99.1 Å². The summed E-state index contributed by atoms with van der Waals surface area (Å²) in [5.41, 5.74) is 2.15. The number of aromatic nitrogens is 3. The predicted molar refractivity (Wildman–Crippen MR) is 63.9 cm³/mol. The fourth-order valence-electron chi connectivity index (χ4n) is 1.97. The van der Waals surface area contributed by atoms with Gasteiger partial charge < -0.3 is 9.67 Å². The van der Waals surface area contributed by atoms with Gasteiger partial charge in [0.25, 0.3) is 0 Å². The minimum Gasteiger partial charge on any atom is -0.481 e. The van der Waals surface area contributed by atoms with E-state index < -0.39 is 5.97 Å². The molecule has 5 nitrogen and oxygen atoms in total. The van der Waals surface area contributed by atoms with Crippen LogP contribution in [-0.2, 0) is 18.3 Å². The highest BCUT2D eigenvalue weighted by molar-refractivity contribution is 5.81. The van der Waals surface area contributed by atoms with E-state index in [-0.39, 0.29) is 12.3 Å². The Morgan fingerprint density at radius 3 is 2.82 bits per heavy atom. The van der Waals surface area contributed by atoms with Crippen LogP contribution >= 0.6 is 0 Å². The largest absolute Gasteiger partial charge is 0.481 e. The monoisotopic (exact) mass is 233 g/mol. The maximum atomic E-state index is 10.8. The van der Waals surface area contributed by atoms with Gasteiger partial charge in [0.1, 0.15) is 11.3 Å². The highest BCUT2D eigenvalue weighted by Crippen LogP contribution is 2.21. The molecular weight excluding hydrogens is 218 g/mol. The number of fused-ring (bicyclic) bond motifs is 1. The van der Waals surface area contributed by atoms with Gasteiger partial charge in [-0.2, -0.15) is 0 Å². The van der Waals surface area contributed by atoms with Crippen LogP contribution in [0.5, 0.6) is 0 Å². The summed E-state index contributed by atoms with van der Waals surface area (Å²) in [7, 11) is 1.90. The van der Waals surface area contributed by atoms with Gasteiger partial charge in [0, 0.05) is 19.2 Å². The third kappa shape index (κ3) is 2.00. The summed E-state index contributed by atoms with van der Waals surface area (Å²) in [4.78, 5) is 19.5. The van der Waals surface area contributed by atoms with Gasteiger partial charge >= 0.3 is 5.97 Å². The van der Waals surface area contributed by atoms with Crippen LogP contribution in [-0.4, -0.2) is 25.6 Å². The van der Waals surface area contributed by atoms with Crippen LogP contribution in [0, 0.1) is 0 Å². The van der Waals surface area contributed by atoms with Crippen LogP contribution in [0.1, 0.15) is 31.2 Å². The number of hydrogen-bond donors (Lipinski definition) is 1. The van der Waals surface area contributed by atoms with Crippen LogP contribution in [0.2, 0.25) is 0 Å². The Balaban J connectivity index is 2.64. The molecule has 0 amide bonds. The van der Waals surface area contributed by atoms with Crippen LogP contribution < -0.4 is 0 Å². The van der Waals surface area contributed by atoms with Gasteiger partial charge in [-0.15, -0.1) is 0 Å². The molecule has 2 heterocycles. The zero-order valence-corrected chi connectivity index (χ0v) is 10.1. The van der Waals surface area contributed by atoms with Crippen molar-refractivity contribution in [3.8, 4) is 0 Å². The number of hydrogen-bond acceptors (Lipinski definition) is 3. The topological polar surface area (TPSA) is 68.0 Å². The first-order valence-corrected chi connectivity index (χ1v) is 5.52. The van der Waals surface area contributed by atoms with Gasteiger partial charge in [-0.1, -0.05) is 13.8 Å². The number of carbonyl (C=O) groups is 1. The number of carboxylic acid groups (broad SMARTS) is 1. The fraction of sp³-hybridized carbons (Fsp3) is 0.417. The zero-order chi connectivity index (χ0) is 12.6. The number of nitrogens with zero attached hydrogens (tertiary/aromatic N) is 3. The molecule has 0 unspecified atom stereocenters. The Morgan fingerprint density at radius 2 is 2.24 bits per heavy atom. The Bertz CT molecular complexity index is 572. The summed E-state index contributed by atoms with van der Waals surface area (Å²) in [5, 5.41) is 8.86. The molecule has 2 aromatic heterocycles. The Hall–Kier alpha value is -1.91. The van der Waals surface area contributed by atoms with E-state index in [0.717, 1.165) is 11.5 Å². The number of aryl methyl sites for hydroxylation is 1. The van der Waals surface area contributed by atoms with Crippen molar-refractivity contribution in [3.05, 3.63) is 23.7 Å². The molecule has 0 bridgehead atoms. The average molecular weight is 233 g/mol. The first-order chi connectivity index (χ1) is 8.00. The van der Waals surface area contributed by atoms with Gasteiger partial charge in [-0.3, -0.25) is 4.79 Å². The number of pyridine rings is 1. The Morgan fingerprint density at radius 1 is 1.53 bits per heavy atom. The molecule has 0 spiro atoms. The fourth-order valence-corrected chi connectivity index (χ4v) is 1.97. The van der Waals surface area contributed by atoms with Crippen molar-refractivity contribution >= 4 is 17.1 Å². The van der Waals surface area contributed by atoms with E-state index in [2.05, 4.69) is 23.8 Å². The number of rotatable bonds is 3. The summed E-state index contributed by atoms with van der Waals surface area (Å²) < 4.78 is 1.92. The van der Waals surface area contributed by atoms with Crippen molar-refractivity contribution < 1.29 is 9.90 Å². The second-order valence-corrected chi connectivity index (χ2v) is 4.40.